The van der Waals surface area contributed by atoms with Crippen LogP contribution in [0.5, 0.6) is 0 Å². The molecule has 0 saturated heterocycles. The topological polar surface area (TPSA) is 53.4 Å². The lowest BCUT2D eigenvalue weighted by molar-refractivity contribution is -0.0959. The lowest BCUT2D eigenvalue weighted by Crippen LogP contribution is -2.40. The number of hydrogen-bond acceptors (Lipinski definition) is 4. The molecule has 1 aromatic heterocycles. The monoisotopic (exact) mass is 277 g/mol. The van der Waals surface area contributed by atoms with E-state index in [1.165, 1.54) is 11.5 Å². The van der Waals surface area contributed by atoms with Crippen molar-refractivity contribution in [3.05, 3.63) is 30.0 Å². The number of fused-ring (bicyclic) bond motifs is 1. The summed E-state index contributed by atoms with van der Waals surface area (Å²) in [5.41, 5.74) is -0.512. The summed E-state index contributed by atoms with van der Waals surface area (Å²) in [4.78, 5) is 0. The first-order chi connectivity index (χ1) is 9.22. The van der Waals surface area contributed by atoms with Crippen molar-refractivity contribution in [1.82, 2.24) is 4.37 Å². The van der Waals surface area contributed by atoms with Gasteiger partial charge in [0.1, 0.15) is 5.60 Å². The minimum atomic E-state index is -1.18. The van der Waals surface area contributed by atoms with Crippen LogP contribution < -0.4 is 0 Å². The molecule has 0 amide bonds. The van der Waals surface area contributed by atoms with Crippen LogP contribution in [0.25, 0.3) is 10.1 Å². The van der Waals surface area contributed by atoms with E-state index in [2.05, 4.69) is 4.37 Å². The summed E-state index contributed by atoms with van der Waals surface area (Å²) in [6.45, 7) is 0. The molecule has 102 valence electrons. The number of aliphatic hydroxyl groups excluding tert-OH is 1. The fraction of sp³-hybridized carbons (Fsp3) is 0.533. The maximum absolute atomic E-state index is 11.0. The molecule has 2 N–H and O–H groups in total. The SMILES string of the molecule is OC1CCCCCC[C@]1(O)c1nsc2ccccc12. The number of nitrogens with zero attached hydrogens (tertiary/aromatic N) is 1. The van der Waals surface area contributed by atoms with Crippen molar-refractivity contribution in [3.8, 4) is 0 Å². The molecule has 1 aromatic carbocycles. The molecule has 0 radical (unpaired) electrons. The Balaban J connectivity index is 2.05. The van der Waals surface area contributed by atoms with Gasteiger partial charge < -0.3 is 10.2 Å². The van der Waals surface area contributed by atoms with Gasteiger partial charge in [-0.25, -0.2) is 0 Å². The molecule has 19 heavy (non-hydrogen) atoms. The first-order valence-corrected chi connectivity index (χ1v) is 7.74. The lowest BCUT2D eigenvalue weighted by Gasteiger charge is -2.33. The Morgan fingerprint density at radius 3 is 2.84 bits per heavy atom. The second kappa shape index (κ2) is 5.19. The van der Waals surface area contributed by atoms with Crippen LogP contribution in [-0.2, 0) is 5.60 Å². The van der Waals surface area contributed by atoms with Crippen molar-refractivity contribution in [2.45, 2.75) is 50.2 Å². The Bertz CT molecular complexity index is 568. The number of aromatic nitrogens is 1. The van der Waals surface area contributed by atoms with Crippen molar-refractivity contribution < 1.29 is 10.2 Å². The van der Waals surface area contributed by atoms with Crippen molar-refractivity contribution >= 4 is 21.6 Å². The fourth-order valence-electron chi connectivity index (χ4n) is 2.97. The largest absolute Gasteiger partial charge is 0.390 e. The molecule has 0 aliphatic heterocycles. The van der Waals surface area contributed by atoms with Gasteiger partial charge in [0.15, 0.2) is 0 Å². The van der Waals surface area contributed by atoms with Crippen LogP contribution in [0.4, 0.5) is 0 Å². The highest BCUT2D eigenvalue weighted by atomic mass is 32.1. The molecule has 1 unspecified atom stereocenters. The van der Waals surface area contributed by atoms with Crippen LogP contribution in [0.1, 0.15) is 44.2 Å². The maximum Gasteiger partial charge on any atom is 0.134 e. The smallest absolute Gasteiger partial charge is 0.134 e. The number of hydrogen-bond donors (Lipinski definition) is 2. The highest BCUT2D eigenvalue weighted by molar-refractivity contribution is 7.13. The van der Waals surface area contributed by atoms with Gasteiger partial charge >= 0.3 is 0 Å². The summed E-state index contributed by atoms with van der Waals surface area (Å²) >= 11 is 1.40. The highest BCUT2D eigenvalue weighted by Gasteiger charge is 2.40. The van der Waals surface area contributed by atoms with Gasteiger partial charge in [-0.3, -0.25) is 0 Å². The van der Waals surface area contributed by atoms with Gasteiger partial charge in [-0.2, -0.15) is 4.37 Å². The molecule has 3 nitrogen and oxygen atoms in total. The molecule has 2 atom stereocenters. The number of benzene rings is 1. The van der Waals surface area contributed by atoms with Crippen LogP contribution >= 0.6 is 11.5 Å². The fourth-order valence-corrected chi connectivity index (χ4v) is 3.81. The van der Waals surface area contributed by atoms with E-state index in [4.69, 9.17) is 0 Å². The van der Waals surface area contributed by atoms with Crippen molar-refractivity contribution in [2.24, 2.45) is 0 Å². The van der Waals surface area contributed by atoms with Crippen LogP contribution in [0.2, 0.25) is 0 Å². The molecule has 1 aliphatic carbocycles. The van der Waals surface area contributed by atoms with E-state index in [0.29, 0.717) is 18.5 Å². The summed E-state index contributed by atoms with van der Waals surface area (Å²) in [7, 11) is 0. The average molecular weight is 277 g/mol. The quantitative estimate of drug-likeness (QED) is 0.841. The zero-order valence-corrected chi connectivity index (χ0v) is 11.7. The first kappa shape index (κ1) is 13.0. The van der Waals surface area contributed by atoms with E-state index in [1.54, 1.807) is 0 Å². The van der Waals surface area contributed by atoms with Crippen molar-refractivity contribution in [1.29, 1.82) is 0 Å². The third-order valence-corrected chi connectivity index (χ3v) is 4.95. The molecule has 1 aliphatic rings. The molecule has 3 rings (SSSR count). The van der Waals surface area contributed by atoms with Crippen LogP contribution in [0, 0.1) is 0 Å². The summed E-state index contributed by atoms with van der Waals surface area (Å²) < 4.78 is 5.51. The molecular weight excluding hydrogens is 258 g/mol. The van der Waals surface area contributed by atoms with Gasteiger partial charge in [0.05, 0.1) is 16.5 Å². The predicted molar refractivity (Wildman–Crippen MR) is 77.2 cm³/mol. The Morgan fingerprint density at radius 1 is 1.16 bits per heavy atom. The third kappa shape index (κ3) is 2.29. The zero-order chi connectivity index (χ0) is 13.3. The molecule has 0 bridgehead atoms. The Morgan fingerprint density at radius 2 is 1.95 bits per heavy atom. The van der Waals surface area contributed by atoms with Gasteiger partial charge in [0, 0.05) is 5.39 Å². The molecule has 4 heteroatoms. The second-order valence-corrected chi connectivity index (χ2v) is 6.23. The molecule has 1 saturated carbocycles. The number of rotatable bonds is 1. The van der Waals surface area contributed by atoms with Crippen molar-refractivity contribution in [3.63, 3.8) is 0 Å². The Labute approximate surface area is 117 Å². The van der Waals surface area contributed by atoms with Crippen LogP contribution in [0.3, 0.4) is 0 Å². The minimum Gasteiger partial charge on any atom is -0.390 e. The predicted octanol–water partition coefficient (Wildman–Crippen LogP) is 3.20. The Hall–Kier alpha value is -0.970. The standard InChI is InChI=1S/C15H19NO2S/c17-13-9-3-1-2-6-10-15(13,18)14-11-7-4-5-8-12(11)19-16-14/h4-5,7-8,13,17-18H,1-3,6,9-10H2/t13?,15-/m1/s1. The summed E-state index contributed by atoms with van der Waals surface area (Å²) in [6.07, 6.45) is 4.73. The molecule has 0 spiro atoms. The molecule has 1 heterocycles. The van der Waals surface area contributed by atoms with Gasteiger partial charge in [-0.1, -0.05) is 43.9 Å². The molecular formula is C15H19NO2S. The number of aliphatic hydroxyl groups is 2. The second-order valence-electron chi connectivity index (χ2n) is 5.42. The Kier molecular flexibility index (Phi) is 3.56. The summed E-state index contributed by atoms with van der Waals surface area (Å²) in [5.74, 6) is 0. The zero-order valence-electron chi connectivity index (χ0n) is 10.9. The summed E-state index contributed by atoms with van der Waals surface area (Å²) in [5, 5.41) is 22.4. The summed E-state index contributed by atoms with van der Waals surface area (Å²) in [6, 6.07) is 7.93. The third-order valence-electron chi connectivity index (χ3n) is 4.12. The van der Waals surface area contributed by atoms with E-state index < -0.39 is 11.7 Å². The van der Waals surface area contributed by atoms with Gasteiger partial charge in [0.25, 0.3) is 0 Å². The van der Waals surface area contributed by atoms with E-state index in [9.17, 15) is 10.2 Å². The maximum atomic E-state index is 11.0. The van der Waals surface area contributed by atoms with Crippen molar-refractivity contribution in [2.75, 3.05) is 0 Å². The minimum absolute atomic E-state index is 0.599. The van der Waals surface area contributed by atoms with Gasteiger partial charge in [-0.15, -0.1) is 0 Å². The average Bonchev–Trinajstić information content (AvgIpc) is 2.84. The molecule has 1 fully saturated rings. The molecule has 2 aromatic rings. The lowest BCUT2D eigenvalue weighted by atomic mass is 9.81. The van der Waals surface area contributed by atoms with Gasteiger partial charge in [0.2, 0.25) is 0 Å². The van der Waals surface area contributed by atoms with Crippen LogP contribution in [-0.4, -0.2) is 20.7 Å². The van der Waals surface area contributed by atoms with E-state index in [1.807, 2.05) is 24.3 Å². The van der Waals surface area contributed by atoms with E-state index >= 15 is 0 Å². The van der Waals surface area contributed by atoms with E-state index in [0.717, 1.165) is 35.8 Å². The van der Waals surface area contributed by atoms with E-state index in [-0.39, 0.29) is 0 Å². The normalized spacial score (nSPS) is 29.1. The highest BCUT2D eigenvalue weighted by Crippen LogP contribution is 2.39. The van der Waals surface area contributed by atoms with Crippen LogP contribution in [0.15, 0.2) is 24.3 Å². The first-order valence-electron chi connectivity index (χ1n) is 6.97. The van der Waals surface area contributed by atoms with Gasteiger partial charge in [-0.05, 0) is 30.4 Å².